The number of hydrogen-bond donors (Lipinski definition) is 1. The standard InChI is InChI=1S/C16H27NO4/c1-10-8-13(11(2)21-10)14(18)17-7-5-6-12(9-17)16(3,4)15(19)20/h10-13H,5-9H2,1-4H3,(H,19,20). The number of carbonyl (C=O) groups excluding carboxylic acids is 1. The first-order valence-corrected chi connectivity index (χ1v) is 7.91. The van der Waals surface area contributed by atoms with Crippen molar-refractivity contribution in [2.45, 2.75) is 59.2 Å². The molecular weight excluding hydrogens is 270 g/mol. The number of hydrogen-bond acceptors (Lipinski definition) is 3. The maximum absolute atomic E-state index is 12.7. The van der Waals surface area contributed by atoms with E-state index in [4.69, 9.17) is 4.74 Å². The molecule has 0 saturated carbocycles. The first kappa shape index (κ1) is 16.3. The fourth-order valence-corrected chi connectivity index (χ4v) is 3.54. The van der Waals surface area contributed by atoms with Gasteiger partial charge in [0.25, 0.3) is 0 Å². The van der Waals surface area contributed by atoms with Gasteiger partial charge in [0.2, 0.25) is 5.91 Å². The zero-order valence-electron chi connectivity index (χ0n) is 13.5. The number of carboxylic acids is 1. The quantitative estimate of drug-likeness (QED) is 0.866. The molecule has 0 aromatic rings. The number of piperidine rings is 1. The zero-order chi connectivity index (χ0) is 15.8. The molecule has 2 rings (SSSR count). The van der Waals surface area contributed by atoms with Crippen LogP contribution in [-0.4, -0.2) is 47.2 Å². The van der Waals surface area contributed by atoms with Gasteiger partial charge in [-0.05, 0) is 52.9 Å². The molecule has 2 aliphatic heterocycles. The first-order chi connectivity index (χ1) is 9.73. The molecule has 4 atom stereocenters. The highest BCUT2D eigenvalue weighted by Crippen LogP contribution is 2.36. The molecule has 21 heavy (non-hydrogen) atoms. The van der Waals surface area contributed by atoms with Crippen LogP contribution in [0.15, 0.2) is 0 Å². The van der Waals surface area contributed by atoms with E-state index in [9.17, 15) is 14.7 Å². The fraction of sp³-hybridized carbons (Fsp3) is 0.875. The number of carbonyl (C=O) groups is 2. The van der Waals surface area contributed by atoms with E-state index in [1.165, 1.54) is 0 Å². The monoisotopic (exact) mass is 297 g/mol. The summed E-state index contributed by atoms with van der Waals surface area (Å²) in [6.07, 6.45) is 2.61. The molecule has 5 heteroatoms. The van der Waals surface area contributed by atoms with Crippen LogP contribution in [-0.2, 0) is 14.3 Å². The number of likely N-dealkylation sites (tertiary alicyclic amines) is 1. The van der Waals surface area contributed by atoms with Crippen molar-refractivity contribution in [1.29, 1.82) is 0 Å². The fourth-order valence-electron chi connectivity index (χ4n) is 3.54. The average Bonchev–Trinajstić information content (AvgIpc) is 2.76. The van der Waals surface area contributed by atoms with Crippen LogP contribution in [0.3, 0.4) is 0 Å². The highest BCUT2D eigenvalue weighted by molar-refractivity contribution is 5.80. The van der Waals surface area contributed by atoms with Gasteiger partial charge in [-0.1, -0.05) is 0 Å². The van der Waals surface area contributed by atoms with Crippen molar-refractivity contribution in [1.82, 2.24) is 4.90 Å². The minimum Gasteiger partial charge on any atom is -0.481 e. The van der Waals surface area contributed by atoms with Crippen LogP contribution in [0, 0.1) is 17.3 Å². The Morgan fingerprint density at radius 2 is 1.95 bits per heavy atom. The topological polar surface area (TPSA) is 66.8 Å². The smallest absolute Gasteiger partial charge is 0.309 e. The number of ether oxygens (including phenoxy) is 1. The van der Waals surface area contributed by atoms with Crippen LogP contribution in [0.5, 0.6) is 0 Å². The molecule has 0 radical (unpaired) electrons. The van der Waals surface area contributed by atoms with E-state index in [1.807, 2.05) is 18.7 Å². The second kappa shape index (κ2) is 5.95. The molecule has 1 amide bonds. The number of nitrogens with zero attached hydrogens (tertiary/aromatic N) is 1. The molecule has 2 aliphatic rings. The molecule has 0 bridgehead atoms. The van der Waals surface area contributed by atoms with E-state index in [2.05, 4.69) is 0 Å². The molecule has 5 nitrogen and oxygen atoms in total. The van der Waals surface area contributed by atoms with Crippen molar-refractivity contribution in [2.24, 2.45) is 17.3 Å². The predicted molar refractivity (Wildman–Crippen MR) is 78.8 cm³/mol. The molecule has 4 unspecified atom stereocenters. The summed E-state index contributed by atoms with van der Waals surface area (Å²) in [5.74, 6) is -0.708. The summed E-state index contributed by atoms with van der Waals surface area (Å²) in [6.45, 7) is 8.76. The molecular formula is C16H27NO4. The van der Waals surface area contributed by atoms with Crippen molar-refractivity contribution < 1.29 is 19.4 Å². The first-order valence-electron chi connectivity index (χ1n) is 7.91. The average molecular weight is 297 g/mol. The molecule has 0 aliphatic carbocycles. The summed E-state index contributed by atoms with van der Waals surface area (Å²) in [5, 5.41) is 9.38. The number of carboxylic acid groups (broad SMARTS) is 1. The predicted octanol–water partition coefficient (Wildman–Crippen LogP) is 2.15. The van der Waals surface area contributed by atoms with Gasteiger partial charge < -0.3 is 14.7 Å². The summed E-state index contributed by atoms with van der Waals surface area (Å²) in [7, 11) is 0. The lowest BCUT2D eigenvalue weighted by Crippen LogP contribution is -2.49. The lowest BCUT2D eigenvalue weighted by Gasteiger charge is -2.40. The van der Waals surface area contributed by atoms with Crippen molar-refractivity contribution in [3.05, 3.63) is 0 Å². The van der Waals surface area contributed by atoms with Crippen LogP contribution in [0.4, 0.5) is 0 Å². The summed E-state index contributed by atoms with van der Waals surface area (Å²) < 4.78 is 5.68. The molecule has 0 spiro atoms. The highest BCUT2D eigenvalue weighted by atomic mass is 16.5. The van der Waals surface area contributed by atoms with E-state index in [0.29, 0.717) is 6.54 Å². The van der Waals surface area contributed by atoms with Gasteiger partial charge in [0.1, 0.15) is 0 Å². The largest absolute Gasteiger partial charge is 0.481 e. The molecule has 0 aromatic heterocycles. The van der Waals surface area contributed by atoms with Gasteiger partial charge in [0.15, 0.2) is 0 Å². The van der Waals surface area contributed by atoms with Crippen LogP contribution in [0.1, 0.15) is 47.0 Å². The Labute approximate surface area is 126 Å². The SMILES string of the molecule is CC1CC(C(=O)N2CCCC(C(C)(C)C(=O)O)C2)C(C)O1. The van der Waals surface area contributed by atoms with Gasteiger partial charge in [0.05, 0.1) is 23.5 Å². The van der Waals surface area contributed by atoms with Crippen LogP contribution in [0.2, 0.25) is 0 Å². The van der Waals surface area contributed by atoms with Crippen molar-refractivity contribution in [3.63, 3.8) is 0 Å². The summed E-state index contributed by atoms with van der Waals surface area (Å²) in [6, 6.07) is 0. The van der Waals surface area contributed by atoms with Gasteiger partial charge in [-0.2, -0.15) is 0 Å². The van der Waals surface area contributed by atoms with Gasteiger partial charge in [-0.3, -0.25) is 9.59 Å². The van der Waals surface area contributed by atoms with Crippen molar-refractivity contribution in [3.8, 4) is 0 Å². The Balaban J connectivity index is 2.04. The maximum atomic E-state index is 12.7. The van der Waals surface area contributed by atoms with E-state index in [0.717, 1.165) is 25.8 Å². The van der Waals surface area contributed by atoms with Gasteiger partial charge in [-0.15, -0.1) is 0 Å². The second-order valence-electron chi connectivity index (χ2n) is 7.14. The van der Waals surface area contributed by atoms with Crippen LogP contribution in [0.25, 0.3) is 0 Å². The molecule has 2 fully saturated rings. The minimum absolute atomic E-state index is 0.0164. The van der Waals surface area contributed by atoms with Crippen molar-refractivity contribution >= 4 is 11.9 Å². The number of rotatable bonds is 3. The molecule has 0 aromatic carbocycles. The van der Waals surface area contributed by atoms with Gasteiger partial charge in [0, 0.05) is 13.1 Å². The highest BCUT2D eigenvalue weighted by Gasteiger charge is 2.43. The van der Waals surface area contributed by atoms with Gasteiger partial charge in [-0.25, -0.2) is 0 Å². The Kier molecular flexibility index (Phi) is 4.61. The molecule has 120 valence electrons. The Morgan fingerprint density at radius 1 is 1.29 bits per heavy atom. The number of aliphatic carboxylic acids is 1. The molecule has 2 heterocycles. The van der Waals surface area contributed by atoms with Crippen molar-refractivity contribution in [2.75, 3.05) is 13.1 Å². The van der Waals surface area contributed by atoms with Crippen LogP contribution >= 0.6 is 0 Å². The van der Waals surface area contributed by atoms with Crippen LogP contribution < -0.4 is 0 Å². The maximum Gasteiger partial charge on any atom is 0.309 e. The summed E-state index contributed by atoms with van der Waals surface area (Å²) >= 11 is 0. The number of amides is 1. The van der Waals surface area contributed by atoms with E-state index in [1.54, 1.807) is 13.8 Å². The second-order valence-corrected chi connectivity index (χ2v) is 7.14. The lowest BCUT2D eigenvalue weighted by molar-refractivity contribution is -0.154. The lowest BCUT2D eigenvalue weighted by atomic mass is 9.74. The van der Waals surface area contributed by atoms with E-state index >= 15 is 0 Å². The third-order valence-corrected chi connectivity index (χ3v) is 5.22. The van der Waals surface area contributed by atoms with E-state index in [-0.39, 0.29) is 30.0 Å². The third-order valence-electron chi connectivity index (χ3n) is 5.22. The Bertz CT molecular complexity index is 421. The Hall–Kier alpha value is -1.10. The molecule has 2 saturated heterocycles. The zero-order valence-corrected chi connectivity index (χ0v) is 13.5. The summed E-state index contributed by atoms with van der Waals surface area (Å²) in [5.41, 5.74) is -0.788. The van der Waals surface area contributed by atoms with E-state index < -0.39 is 11.4 Å². The van der Waals surface area contributed by atoms with Gasteiger partial charge >= 0.3 is 5.97 Å². The normalized spacial score (nSPS) is 34.0. The minimum atomic E-state index is -0.788. The summed E-state index contributed by atoms with van der Waals surface area (Å²) in [4.78, 5) is 26.0. The Morgan fingerprint density at radius 3 is 2.48 bits per heavy atom. The molecule has 1 N–H and O–H groups in total. The third kappa shape index (κ3) is 3.23.